The predicted molar refractivity (Wildman–Crippen MR) is 125 cm³/mol. The predicted octanol–water partition coefficient (Wildman–Crippen LogP) is 3.39. The van der Waals surface area contributed by atoms with Crippen LogP contribution in [0.4, 0.5) is 25.4 Å². The molecule has 1 aromatic rings. The molecule has 2 aliphatic heterocycles. The second-order valence-electron chi connectivity index (χ2n) is 9.24. The van der Waals surface area contributed by atoms with E-state index in [2.05, 4.69) is 26.1 Å². The number of carbonyl (C=O) groups excluding carboxylic acids is 2. The van der Waals surface area contributed by atoms with E-state index in [1.165, 1.54) is 18.1 Å². The van der Waals surface area contributed by atoms with E-state index in [9.17, 15) is 14.0 Å². The molecule has 2 fully saturated rings. The van der Waals surface area contributed by atoms with E-state index in [1.54, 1.807) is 17.0 Å². The summed E-state index contributed by atoms with van der Waals surface area (Å²) < 4.78 is 25.0. The highest BCUT2D eigenvalue weighted by molar-refractivity contribution is 7.80. The summed E-state index contributed by atoms with van der Waals surface area (Å²) in [5.41, 5.74) is 0.967. The summed E-state index contributed by atoms with van der Waals surface area (Å²) in [4.78, 5) is 29.6. The topological polar surface area (TPSA) is 74.3 Å². The molecule has 0 aromatic heterocycles. The van der Waals surface area contributed by atoms with E-state index >= 15 is 0 Å². The molecular weight excluding hydrogens is 435 g/mol. The monoisotopic (exact) mass is 466 g/mol. The van der Waals surface area contributed by atoms with Crippen LogP contribution in [0, 0.1) is 11.2 Å². The Kier molecular flexibility index (Phi) is 7.43. The first-order valence-electron chi connectivity index (χ1n) is 10.7. The highest BCUT2D eigenvalue weighted by Crippen LogP contribution is 2.28. The summed E-state index contributed by atoms with van der Waals surface area (Å²) in [6, 6.07) is 4.73. The number of anilines is 2. The summed E-state index contributed by atoms with van der Waals surface area (Å²) in [6.45, 7) is 8.97. The molecule has 0 saturated carbocycles. The van der Waals surface area contributed by atoms with Crippen LogP contribution in [0.15, 0.2) is 18.2 Å². The number of cyclic esters (lactones) is 1. The van der Waals surface area contributed by atoms with Gasteiger partial charge in [0.15, 0.2) is 0 Å². The summed E-state index contributed by atoms with van der Waals surface area (Å²) in [5.74, 6) is -0.422. The second kappa shape index (κ2) is 9.89. The molecule has 2 heterocycles. The Morgan fingerprint density at radius 3 is 2.56 bits per heavy atom. The van der Waals surface area contributed by atoms with Crippen molar-refractivity contribution in [2.45, 2.75) is 33.3 Å². The fourth-order valence-corrected chi connectivity index (χ4v) is 4.31. The normalized spacial score (nSPS) is 19.1. The minimum absolute atomic E-state index is 0.0771. The molecule has 0 aliphatic carbocycles. The average Bonchev–Trinajstić information content (AvgIpc) is 3.11. The molecule has 0 unspecified atom stereocenters. The lowest BCUT2D eigenvalue weighted by atomic mass is 9.92. The van der Waals surface area contributed by atoms with E-state index in [0.717, 1.165) is 11.4 Å². The van der Waals surface area contributed by atoms with Gasteiger partial charge in [-0.15, -0.1) is 0 Å². The van der Waals surface area contributed by atoms with Crippen molar-refractivity contribution in [1.29, 1.82) is 0 Å². The molecule has 2 aliphatic rings. The third-order valence-corrected chi connectivity index (χ3v) is 5.68. The Hall–Kier alpha value is -2.62. The largest absolute Gasteiger partial charge is 0.453 e. The van der Waals surface area contributed by atoms with Crippen LogP contribution < -0.4 is 15.1 Å². The summed E-state index contributed by atoms with van der Waals surface area (Å²) in [5, 5.41) is 3.16. The zero-order valence-corrected chi connectivity index (χ0v) is 19.8. The van der Waals surface area contributed by atoms with Gasteiger partial charge in [0.25, 0.3) is 0 Å². The van der Waals surface area contributed by atoms with Crippen LogP contribution in [0.25, 0.3) is 0 Å². The number of ether oxygens (including phenoxy) is 2. The molecule has 1 aromatic carbocycles. The molecule has 3 rings (SSSR count). The number of nitrogens with zero attached hydrogens (tertiary/aromatic N) is 3. The van der Waals surface area contributed by atoms with Crippen LogP contribution in [0.5, 0.6) is 0 Å². The van der Waals surface area contributed by atoms with E-state index in [4.69, 9.17) is 21.7 Å². The molecule has 2 saturated heterocycles. The van der Waals surface area contributed by atoms with Crippen molar-refractivity contribution >= 4 is 40.8 Å². The lowest BCUT2D eigenvalue weighted by Crippen LogP contribution is -2.49. The molecule has 0 spiro atoms. The molecule has 32 heavy (non-hydrogen) atoms. The standard InChI is InChI=1S/C22H31FN4O4S/c1-22(2,3)12-19(32)24-13-16-14-27(21(29)31-16)15-5-6-18(17(23)11-15)25-7-9-26(10-8-25)20(28)30-4/h5-6,11,16H,7-10,12-14H2,1-4H3,(H,24,32)/t16-/m0/s1. The van der Waals surface area contributed by atoms with Crippen molar-refractivity contribution in [1.82, 2.24) is 10.2 Å². The van der Waals surface area contributed by atoms with Gasteiger partial charge in [-0.05, 0) is 23.6 Å². The van der Waals surface area contributed by atoms with Crippen LogP contribution in [-0.4, -0.2) is 74.6 Å². The Morgan fingerprint density at radius 1 is 1.28 bits per heavy atom. The van der Waals surface area contributed by atoms with Crippen molar-refractivity contribution in [3.8, 4) is 0 Å². The quantitative estimate of drug-likeness (QED) is 0.667. The number of nitrogens with one attached hydrogen (secondary N) is 1. The van der Waals surface area contributed by atoms with Gasteiger partial charge in [0, 0.05) is 32.6 Å². The Labute approximate surface area is 193 Å². The van der Waals surface area contributed by atoms with Crippen LogP contribution in [0.1, 0.15) is 27.2 Å². The van der Waals surface area contributed by atoms with E-state index in [0.29, 0.717) is 50.6 Å². The van der Waals surface area contributed by atoms with Crippen LogP contribution in [0.3, 0.4) is 0 Å². The number of benzene rings is 1. The molecule has 0 bridgehead atoms. The first kappa shape index (κ1) is 24.0. The van der Waals surface area contributed by atoms with Crippen LogP contribution >= 0.6 is 12.2 Å². The van der Waals surface area contributed by atoms with Gasteiger partial charge in [0.05, 0.1) is 36.6 Å². The fraction of sp³-hybridized carbons (Fsp3) is 0.591. The molecule has 1 atom stereocenters. The maximum atomic E-state index is 14.9. The van der Waals surface area contributed by atoms with E-state index in [1.807, 2.05) is 4.90 Å². The van der Waals surface area contributed by atoms with Crippen LogP contribution in [-0.2, 0) is 9.47 Å². The summed E-state index contributed by atoms with van der Waals surface area (Å²) >= 11 is 5.36. The molecule has 1 N–H and O–H groups in total. The second-order valence-corrected chi connectivity index (χ2v) is 9.73. The van der Waals surface area contributed by atoms with Gasteiger partial charge in [-0.25, -0.2) is 14.0 Å². The molecule has 2 amide bonds. The van der Waals surface area contributed by atoms with E-state index in [-0.39, 0.29) is 17.6 Å². The maximum Gasteiger partial charge on any atom is 0.414 e. The van der Waals surface area contributed by atoms with Gasteiger partial charge in [-0.3, -0.25) is 4.90 Å². The third kappa shape index (κ3) is 5.99. The van der Waals surface area contributed by atoms with Gasteiger partial charge in [-0.1, -0.05) is 33.0 Å². The number of amides is 2. The zero-order chi connectivity index (χ0) is 23.5. The Morgan fingerprint density at radius 2 is 1.97 bits per heavy atom. The number of rotatable bonds is 5. The number of methoxy groups -OCH3 is 1. The van der Waals surface area contributed by atoms with Gasteiger partial charge < -0.3 is 24.6 Å². The van der Waals surface area contributed by atoms with Gasteiger partial charge >= 0.3 is 12.2 Å². The van der Waals surface area contributed by atoms with Crippen molar-refractivity contribution in [3.63, 3.8) is 0 Å². The lowest BCUT2D eigenvalue weighted by molar-refractivity contribution is 0.121. The highest BCUT2D eigenvalue weighted by atomic mass is 32.1. The molecule has 8 nitrogen and oxygen atoms in total. The van der Waals surface area contributed by atoms with Gasteiger partial charge in [0.2, 0.25) is 0 Å². The summed E-state index contributed by atoms with van der Waals surface area (Å²) in [7, 11) is 1.34. The van der Waals surface area contributed by atoms with Crippen molar-refractivity contribution in [3.05, 3.63) is 24.0 Å². The minimum atomic E-state index is -0.502. The van der Waals surface area contributed by atoms with Crippen molar-refractivity contribution < 1.29 is 23.5 Å². The third-order valence-electron chi connectivity index (χ3n) is 5.39. The maximum absolute atomic E-state index is 14.9. The molecular formula is C22H31FN4O4S. The number of piperazine rings is 1. The Bertz CT molecular complexity index is 868. The van der Waals surface area contributed by atoms with E-state index < -0.39 is 11.9 Å². The Balaban J connectivity index is 1.57. The van der Waals surface area contributed by atoms with Crippen molar-refractivity contribution in [2.75, 3.05) is 56.2 Å². The number of hydrogen-bond donors (Lipinski definition) is 1. The first-order chi connectivity index (χ1) is 15.1. The highest BCUT2D eigenvalue weighted by Gasteiger charge is 2.33. The lowest BCUT2D eigenvalue weighted by Gasteiger charge is -2.35. The first-order valence-corrected chi connectivity index (χ1v) is 11.1. The number of thiocarbonyl (C=S) groups is 1. The van der Waals surface area contributed by atoms with Gasteiger partial charge in [-0.2, -0.15) is 0 Å². The molecule has 176 valence electrons. The average molecular weight is 467 g/mol. The minimum Gasteiger partial charge on any atom is -0.453 e. The summed E-state index contributed by atoms with van der Waals surface area (Å²) in [6.07, 6.45) is -0.504. The number of hydrogen-bond acceptors (Lipinski definition) is 6. The smallest absolute Gasteiger partial charge is 0.414 e. The SMILES string of the molecule is COC(=O)N1CCN(c2ccc(N3C[C@H](CNC(=S)CC(C)(C)C)OC3=O)cc2F)CC1. The number of carbonyl (C=O) groups is 2. The fourth-order valence-electron chi connectivity index (χ4n) is 3.79. The van der Waals surface area contributed by atoms with Crippen LogP contribution in [0.2, 0.25) is 0 Å². The molecule has 0 radical (unpaired) electrons. The van der Waals surface area contributed by atoms with Crippen molar-refractivity contribution in [2.24, 2.45) is 5.41 Å². The number of halogens is 1. The van der Waals surface area contributed by atoms with Gasteiger partial charge in [0.1, 0.15) is 11.9 Å². The molecule has 10 heteroatoms. The zero-order valence-electron chi connectivity index (χ0n) is 19.0.